The lowest BCUT2D eigenvalue weighted by molar-refractivity contribution is 0.102. The zero-order valence-electron chi connectivity index (χ0n) is 16.1. The molecule has 2 N–H and O–H groups in total. The summed E-state index contributed by atoms with van der Waals surface area (Å²) in [6.45, 7) is 4.01. The minimum Gasteiger partial charge on any atom is -0.372 e. The number of anilines is 3. The van der Waals surface area contributed by atoms with Gasteiger partial charge in [-0.15, -0.1) is 0 Å². The van der Waals surface area contributed by atoms with Gasteiger partial charge in [-0.2, -0.15) is 0 Å². The second-order valence-electron chi connectivity index (χ2n) is 7.07. The third kappa shape index (κ3) is 5.65. The van der Waals surface area contributed by atoms with Crippen molar-refractivity contribution >= 4 is 23.1 Å². The molecule has 1 aromatic heterocycles. The molecule has 7 heteroatoms. The van der Waals surface area contributed by atoms with Gasteiger partial charge < -0.3 is 20.4 Å². The van der Waals surface area contributed by atoms with Crippen LogP contribution >= 0.6 is 0 Å². The summed E-state index contributed by atoms with van der Waals surface area (Å²) in [5, 5.41) is 6.14. The van der Waals surface area contributed by atoms with E-state index in [1.165, 1.54) is 24.9 Å². The fourth-order valence-corrected chi connectivity index (χ4v) is 3.12. The Balaban J connectivity index is 1.55. The smallest absolute Gasteiger partial charge is 0.274 e. The first kappa shape index (κ1) is 19.1. The van der Waals surface area contributed by atoms with Crippen molar-refractivity contribution < 1.29 is 4.79 Å². The second kappa shape index (κ2) is 9.32. The molecule has 2 heterocycles. The Morgan fingerprint density at radius 3 is 2.59 bits per heavy atom. The molecule has 0 spiro atoms. The summed E-state index contributed by atoms with van der Waals surface area (Å²) in [4.78, 5) is 25.3. The molecule has 27 heavy (non-hydrogen) atoms. The molecule has 1 aromatic carbocycles. The maximum atomic E-state index is 12.5. The number of nitrogens with zero attached hydrogens (tertiary/aromatic N) is 4. The van der Waals surface area contributed by atoms with Gasteiger partial charge in [0.25, 0.3) is 5.91 Å². The molecule has 0 saturated carbocycles. The van der Waals surface area contributed by atoms with Gasteiger partial charge >= 0.3 is 0 Å². The molecule has 1 fully saturated rings. The lowest BCUT2D eigenvalue weighted by Gasteiger charge is -2.17. The van der Waals surface area contributed by atoms with Crippen LogP contribution in [0, 0.1) is 0 Å². The molecule has 0 bridgehead atoms. The molecular weight excluding hydrogens is 340 g/mol. The molecule has 7 nitrogen and oxygen atoms in total. The average molecular weight is 368 g/mol. The maximum absolute atomic E-state index is 12.5. The predicted molar refractivity (Wildman–Crippen MR) is 110 cm³/mol. The number of carbonyl (C=O) groups excluding carboxylic acids is 1. The van der Waals surface area contributed by atoms with Crippen LogP contribution in [0.4, 0.5) is 17.2 Å². The van der Waals surface area contributed by atoms with E-state index in [-0.39, 0.29) is 5.91 Å². The highest BCUT2D eigenvalue weighted by atomic mass is 16.1. The highest BCUT2D eigenvalue weighted by Gasteiger charge is 2.13. The minimum atomic E-state index is -0.234. The Bertz CT molecular complexity index is 740. The summed E-state index contributed by atoms with van der Waals surface area (Å²) < 4.78 is 0. The molecule has 0 radical (unpaired) electrons. The average Bonchev–Trinajstić information content (AvgIpc) is 3.21. The molecule has 1 amide bonds. The SMILES string of the molecule is CN(C)CCCNc1cc(C(=O)Nc2ccc(N3CCCC3)cc2)ncn1. The van der Waals surface area contributed by atoms with Gasteiger partial charge in [-0.25, -0.2) is 9.97 Å². The first-order valence-corrected chi connectivity index (χ1v) is 9.49. The third-order valence-electron chi connectivity index (χ3n) is 4.58. The number of hydrogen-bond donors (Lipinski definition) is 2. The normalized spacial score (nSPS) is 13.8. The van der Waals surface area contributed by atoms with E-state index >= 15 is 0 Å². The lowest BCUT2D eigenvalue weighted by Crippen LogP contribution is -2.18. The van der Waals surface area contributed by atoms with E-state index in [4.69, 9.17) is 0 Å². The maximum Gasteiger partial charge on any atom is 0.274 e. The summed E-state index contributed by atoms with van der Waals surface area (Å²) >= 11 is 0. The van der Waals surface area contributed by atoms with Crippen molar-refractivity contribution in [2.75, 3.05) is 55.8 Å². The van der Waals surface area contributed by atoms with Gasteiger partial charge in [0, 0.05) is 37.1 Å². The van der Waals surface area contributed by atoms with Gasteiger partial charge in [0.2, 0.25) is 0 Å². The summed E-state index contributed by atoms with van der Waals surface area (Å²) in [5.41, 5.74) is 2.32. The zero-order chi connectivity index (χ0) is 19.1. The van der Waals surface area contributed by atoms with E-state index in [0.29, 0.717) is 11.5 Å². The van der Waals surface area contributed by atoms with Crippen molar-refractivity contribution in [2.24, 2.45) is 0 Å². The van der Waals surface area contributed by atoms with E-state index in [0.717, 1.165) is 38.3 Å². The Kier molecular flexibility index (Phi) is 6.59. The van der Waals surface area contributed by atoms with Gasteiger partial charge in [0.05, 0.1) is 0 Å². The van der Waals surface area contributed by atoms with E-state index in [2.05, 4.69) is 42.5 Å². The van der Waals surface area contributed by atoms with Crippen LogP contribution in [-0.2, 0) is 0 Å². The van der Waals surface area contributed by atoms with E-state index in [1.54, 1.807) is 6.07 Å². The van der Waals surface area contributed by atoms with Crippen molar-refractivity contribution in [3.05, 3.63) is 42.4 Å². The Morgan fingerprint density at radius 2 is 1.89 bits per heavy atom. The van der Waals surface area contributed by atoms with Crippen molar-refractivity contribution in [1.82, 2.24) is 14.9 Å². The van der Waals surface area contributed by atoms with E-state index in [9.17, 15) is 4.79 Å². The molecule has 0 aliphatic carbocycles. The molecule has 3 rings (SSSR count). The molecule has 144 valence electrons. The highest BCUT2D eigenvalue weighted by Crippen LogP contribution is 2.22. The van der Waals surface area contributed by atoms with Crippen LogP contribution < -0.4 is 15.5 Å². The van der Waals surface area contributed by atoms with Crippen molar-refractivity contribution in [3.8, 4) is 0 Å². The van der Waals surface area contributed by atoms with Crippen molar-refractivity contribution in [3.63, 3.8) is 0 Å². The zero-order valence-corrected chi connectivity index (χ0v) is 16.1. The van der Waals surface area contributed by atoms with Gasteiger partial charge in [-0.3, -0.25) is 4.79 Å². The molecule has 0 unspecified atom stereocenters. The summed E-state index contributed by atoms with van der Waals surface area (Å²) in [6.07, 6.45) is 4.91. The number of nitrogens with one attached hydrogen (secondary N) is 2. The largest absolute Gasteiger partial charge is 0.372 e. The van der Waals surface area contributed by atoms with Gasteiger partial charge in [-0.05, 0) is 64.2 Å². The van der Waals surface area contributed by atoms with Gasteiger partial charge in [-0.1, -0.05) is 0 Å². The van der Waals surface area contributed by atoms with Crippen LogP contribution in [0.1, 0.15) is 29.8 Å². The van der Waals surface area contributed by atoms with Crippen molar-refractivity contribution in [1.29, 1.82) is 0 Å². The molecule has 0 atom stereocenters. The van der Waals surface area contributed by atoms with Crippen LogP contribution in [0.15, 0.2) is 36.7 Å². The second-order valence-corrected chi connectivity index (χ2v) is 7.07. The van der Waals surface area contributed by atoms with Crippen LogP contribution in [0.2, 0.25) is 0 Å². The Labute approximate surface area is 160 Å². The van der Waals surface area contributed by atoms with Gasteiger partial charge in [0.1, 0.15) is 17.8 Å². The first-order chi connectivity index (χ1) is 13.1. The third-order valence-corrected chi connectivity index (χ3v) is 4.58. The summed E-state index contributed by atoms with van der Waals surface area (Å²) in [7, 11) is 4.09. The topological polar surface area (TPSA) is 73.4 Å². The summed E-state index contributed by atoms with van der Waals surface area (Å²) in [5.74, 6) is 0.431. The van der Waals surface area contributed by atoms with E-state index in [1.807, 2.05) is 26.2 Å². The van der Waals surface area contributed by atoms with E-state index < -0.39 is 0 Å². The fourth-order valence-electron chi connectivity index (χ4n) is 3.12. The van der Waals surface area contributed by atoms with Crippen LogP contribution in [0.5, 0.6) is 0 Å². The van der Waals surface area contributed by atoms with Crippen LogP contribution in [-0.4, -0.2) is 61.0 Å². The monoisotopic (exact) mass is 368 g/mol. The number of hydrogen-bond acceptors (Lipinski definition) is 6. The first-order valence-electron chi connectivity index (χ1n) is 9.49. The molecule has 1 aliphatic rings. The fraction of sp³-hybridized carbons (Fsp3) is 0.450. The number of aromatic nitrogens is 2. The quantitative estimate of drug-likeness (QED) is 0.698. The molecule has 1 aliphatic heterocycles. The van der Waals surface area contributed by atoms with Crippen LogP contribution in [0.3, 0.4) is 0 Å². The van der Waals surface area contributed by atoms with Crippen molar-refractivity contribution in [2.45, 2.75) is 19.3 Å². The predicted octanol–water partition coefficient (Wildman–Crippen LogP) is 2.69. The molecule has 1 saturated heterocycles. The standard InChI is InChI=1S/C20H28N6O/c1-25(2)11-5-10-21-19-14-18(22-15-23-19)20(27)24-16-6-8-17(9-7-16)26-12-3-4-13-26/h6-9,14-15H,3-5,10-13H2,1-2H3,(H,24,27)(H,21,22,23). The molecular formula is C20H28N6O. The van der Waals surface area contributed by atoms with Gasteiger partial charge in [0.15, 0.2) is 0 Å². The lowest BCUT2D eigenvalue weighted by atomic mass is 10.2. The number of carbonyl (C=O) groups is 1. The minimum absolute atomic E-state index is 0.234. The summed E-state index contributed by atoms with van der Waals surface area (Å²) in [6, 6.07) is 9.67. The Hall–Kier alpha value is -2.67. The Morgan fingerprint density at radius 1 is 1.15 bits per heavy atom. The number of benzene rings is 1. The number of rotatable bonds is 8. The number of amides is 1. The molecule has 2 aromatic rings. The highest BCUT2D eigenvalue weighted by molar-refractivity contribution is 6.03. The van der Waals surface area contributed by atoms with Crippen LogP contribution in [0.25, 0.3) is 0 Å².